The molecule has 0 aliphatic heterocycles. The Morgan fingerprint density at radius 2 is 1.79 bits per heavy atom. The van der Waals surface area contributed by atoms with Gasteiger partial charge in [0.15, 0.2) is 0 Å². The van der Waals surface area contributed by atoms with Gasteiger partial charge in [0.25, 0.3) is 0 Å². The highest BCUT2D eigenvalue weighted by atomic mass is 79.9. The Kier molecular flexibility index (Phi) is 8.79. The van der Waals surface area contributed by atoms with Crippen LogP contribution < -0.4 is 4.90 Å². The molecule has 1 aromatic heterocycles. The average molecular weight is 331 g/mol. The fourth-order valence-corrected chi connectivity index (χ4v) is 2.22. The van der Waals surface area contributed by atoms with Crippen molar-refractivity contribution in [1.29, 1.82) is 0 Å². The molecule has 1 aromatic rings. The number of rotatable bonds is 10. The predicted octanol–water partition coefficient (Wildman–Crippen LogP) is 2.86. The number of halogens is 1. The largest absolute Gasteiger partial charge is 0.380 e. The zero-order valence-electron chi connectivity index (χ0n) is 11.8. The van der Waals surface area contributed by atoms with Crippen molar-refractivity contribution >= 4 is 21.7 Å². The van der Waals surface area contributed by atoms with Gasteiger partial charge in [-0.25, -0.2) is 4.98 Å². The van der Waals surface area contributed by atoms with Gasteiger partial charge in [0.05, 0.1) is 13.2 Å². The van der Waals surface area contributed by atoms with Crippen LogP contribution in [0.2, 0.25) is 0 Å². The van der Waals surface area contributed by atoms with Gasteiger partial charge in [-0.05, 0) is 19.9 Å². The molecular formula is C14H23BrN2O2. The summed E-state index contributed by atoms with van der Waals surface area (Å²) in [5.41, 5.74) is 1.19. The van der Waals surface area contributed by atoms with Crippen LogP contribution >= 0.6 is 15.9 Å². The van der Waals surface area contributed by atoms with Crippen molar-refractivity contribution in [2.75, 3.05) is 44.4 Å². The summed E-state index contributed by atoms with van der Waals surface area (Å²) in [5.74, 6) is 1.01. The standard InChI is InChI=1S/C14H23BrN2O2/c1-3-18-10-8-17(9-11-19-4-2)14-13(12-15)6-5-7-16-14/h5-7H,3-4,8-12H2,1-2H3. The van der Waals surface area contributed by atoms with E-state index in [0.29, 0.717) is 13.2 Å². The van der Waals surface area contributed by atoms with E-state index < -0.39 is 0 Å². The maximum atomic E-state index is 5.44. The zero-order valence-corrected chi connectivity index (χ0v) is 13.4. The van der Waals surface area contributed by atoms with Gasteiger partial charge in [0, 0.05) is 43.4 Å². The molecule has 1 heterocycles. The van der Waals surface area contributed by atoms with E-state index in [4.69, 9.17) is 9.47 Å². The first-order valence-corrected chi connectivity index (χ1v) is 7.85. The maximum Gasteiger partial charge on any atom is 0.132 e. The Balaban J connectivity index is 2.69. The molecule has 108 valence electrons. The van der Waals surface area contributed by atoms with Crippen molar-refractivity contribution in [3.8, 4) is 0 Å². The number of ether oxygens (including phenoxy) is 2. The lowest BCUT2D eigenvalue weighted by Crippen LogP contribution is -2.32. The van der Waals surface area contributed by atoms with E-state index in [0.717, 1.165) is 37.5 Å². The fraction of sp³-hybridized carbons (Fsp3) is 0.643. The van der Waals surface area contributed by atoms with Crippen LogP contribution in [0.5, 0.6) is 0 Å². The normalized spacial score (nSPS) is 10.7. The van der Waals surface area contributed by atoms with E-state index in [-0.39, 0.29) is 0 Å². The summed E-state index contributed by atoms with van der Waals surface area (Å²) in [4.78, 5) is 6.72. The van der Waals surface area contributed by atoms with Crippen LogP contribution in [0, 0.1) is 0 Å². The molecule has 0 saturated heterocycles. The number of hydrogen-bond donors (Lipinski definition) is 0. The van der Waals surface area contributed by atoms with Crippen molar-refractivity contribution in [2.24, 2.45) is 0 Å². The molecule has 1 rings (SSSR count). The van der Waals surface area contributed by atoms with E-state index in [1.54, 1.807) is 0 Å². The van der Waals surface area contributed by atoms with Gasteiger partial charge in [0.1, 0.15) is 5.82 Å². The monoisotopic (exact) mass is 330 g/mol. The fourth-order valence-electron chi connectivity index (χ4n) is 1.78. The van der Waals surface area contributed by atoms with Crippen LogP contribution in [0.3, 0.4) is 0 Å². The summed E-state index contributed by atoms with van der Waals surface area (Å²) in [5, 5.41) is 0.802. The molecule has 0 aromatic carbocycles. The summed E-state index contributed by atoms with van der Waals surface area (Å²) in [6.07, 6.45) is 1.83. The molecule has 0 N–H and O–H groups in total. The minimum atomic E-state index is 0.709. The lowest BCUT2D eigenvalue weighted by Gasteiger charge is -2.25. The highest BCUT2D eigenvalue weighted by Crippen LogP contribution is 2.19. The van der Waals surface area contributed by atoms with Crippen LogP contribution in [0.4, 0.5) is 5.82 Å². The number of hydrogen-bond acceptors (Lipinski definition) is 4. The van der Waals surface area contributed by atoms with Crippen molar-refractivity contribution in [2.45, 2.75) is 19.2 Å². The van der Waals surface area contributed by atoms with Crippen LogP contribution in [0.25, 0.3) is 0 Å². The zero-order chi connectivity index (χ0) is 13.9. The van der Waals surface area contributed by atoms with E-state index >= 15 is 0 Å². The minimum Gasteiger partial charge on any atom is -0.380 e. The number of aromatic nitrogens is 1. The van der Waals surface area contributed by atoms with E-state index in [2.05, 4.69) is 31.9 Å². The summed E-state index contributed by atoms with van der Waals surface area (Å²) < 4.78 is 10.9. The molecule has 0 aliphatic rings. The van der Waals surface area contributed by atoms with Crippen LogP contribution in [-0.4, -0.2) is 44.5 Å². The first-order valence-electron chi connectivity index (χ1n) is 6.73. The summed E-state index contributed by atoms with van der Waals surface area (Å²) in [7, 11) is 0. The van der Waals surface area contributed by atoms with E-state index in [1.165, 1.54) is 5.56 Å². The summed E-state index contributed by atoms with van der Waals surface area (Å²) in [6, 6.07) is 4.05. The van der Waals surface area contributed by atoms with Crippen LogP contribution in [-0.2, 0) is 14.8 Å². The van der Waals surface area contributed by atoms with Gasteiger partial charge in [-0.15, -0.1) is 0 Å². The molecule has 0 radical (unpaired) electrons. The third kappa shape index (κ3) is 5.89. The van der Waals surface area contributed by atoms with Gasteiger partial charge in [0.2, 0.25) is 0 Å². The quantitative estimate of drug-likeness (QED) is 0.488. The van der Waals surface area contributed by atoms with Crippen molar-refractivity contribution in [3.63, 3.8) is 0 Å². The van der Waals surface area contributed by atoms with E-state index in [1.807, 2.05) is 26.1 Å². The molecule has 5 heteroatoms. The molecule has 0 aliphatic carbocycles. The molecule has 0 saturated carbocycles. The minimum absolute atomic E-state index is 0.709. The number of nitrogens with zero attached hydrogens (tertiary/aromatic N) is 2. The molecule has 0 unspecified atom stereocenters. The van der Waals surface area contributed by atoms with Crippen molar-refractivity contribution < 1.29 is 9.47 Å². The summed E-state index contributed by atoms with van der Waals surface area (Å²) >= 11 is 3.51. The second kappa shape index (κ2) is 10.2. The van der Waals surface area contributed by atoms with Gasteiger partial charge in [-0.3, -0.25) is 0 Å². The van der Waals surface area contributed by atoms with Crippen LogP contribution in [0.15, 0.2) is 18.3 Å². The van der Waals surface area contributed by atoms with Gasteiger partial charge < -0.3 is 14.4 Å². The van der Waals surface area contributed by atoms with Crippen molar-refractivity contribution in [1.82, 2.24) is 4.98 Å². The maximum absolute atomic E-state index is 5.44. The van der Waals surface area contributed by atoms with Crippen molar-refractivity contribution in [3.05, 3.63) is 23.9 Å². The highest BCUT2D eigenvalue weighted by Gasteiger charge is 2.11. The average Bonchev–Trinajstić information content (AvgIpc) is 2.46. The van der Waals surface area contributed by atoms with Crippen LogP contribution in [0.1, 0.15) is 19.4 Å². The predicted molar refractivity (Wildman–Crippen MR) is 82.1 cm³/mol. The molecule has 0 amide bonds. The van der Waals surface area contributed by atoms with E-state index in [9.17, 15) is 0 Å². The molecule has 0 spiro atoms. The Labute approximate surface area is 124 Å². The molecule has 4 nitrogen and oxygen atoms in total. The first kappa shape index (κ1) is 16.4. The number of anilines is 1. The third-order valence-corrected chi connectivity index (χ3v) is 3.33. The third-order valence-electron chi connectivity index (χ3n) is 2.73. The smallest absolute Gasteiger partial charge is 0.132 e. The van der Waals surface area contributed by atoms with Gasteiger partial charge >= 0.3 is 0 Å². The molecule has 0 bridgehead atoms. The number of alkyl halides is 1. The molecule has 0 atom stereocenters. The Morgan fingerprint density at radius 1 is 1.16 bits per heavy atom. The Morgan fingerprint density at radius 3 is 2.32 bits per heavy atom. The Bertz CT molecular complexity index is 340. The Hall–Kier alpha value is -0.650. The lowest BCUT2D eigenvalue weighted by molar-refractivity contribution is 0.141. The van der Waals surface area contributed by atoms with Gasteiger partial charge in [-0.2, -0.15) is 0 Å². The topological polar surface area (TPSA) is 34.6 Å². The highest BCUT2D eigenvalue weighted by molar-refractivity contribution is 9.08. The SMILES string of the molecule is CCOCCN(CCOCC)c1ncccc1CBr. The number of pyridine rings is 1. The van der Waals surface area contributed by atoms with Gasteiger partial charge in [-0.1, -0.05) is 22.0 Å². The molecular weight excluding hydrogens is 308 g/mol. The summed E-state index contributed by atoms with van der Waals surface area (Å²) in [6.45, 7) is 8.59. The molecule has 0 fully saturated rings. The lowest BCUT2D eigenvalue weighted by atomic mass is 10.2. The second-order valence-corrected chi connectivity index (χ2v) is 4.56. The first-order chi connectivity index (χ1) is 9.33. The molecule has 19 heavy (non-hydrogen) atoms. The second-order valence-electron chi connectivity index (χ2n) is 4.00.